The molecule has 2 rings (SSSR count). The maximum atomic E-state index is 11.6. The van der Waals surface area contributed by atoms with E-state index in [1.165, 1.54) is 0 Å². The first-order chi connectivity index (χ1) is 7.69. The highest BCUT2D eigenvalue weighted by atomic mass is 79.9. The number of aromatic nitrogens is 1. The van der Waals surface area contributed by atoms with Crippen LogP contribution in [-0.2, 0) is 11.3 Å². The molecule has 86 valence electrons. The van der Waals surface area contributed by atoms with E-state index in [-0.39, 0.29) is 10.7 Å². The van der Waals surface area contributed by atoms with Crippen molar-refractivity contribution in [2.45, 2.75) is 17.8 Å². The molecular formula is C11H13BrN2O2. The van der Waals surface area contributed by atoms with Crippen molar-refractivity contribution in [3.63, 3.8) is 0 Å². The monoisotopic (exact) mass is 284 g/mol. The van der Waals surface area contributed by atoms with Gasteiger partial charge in [-0.1, -0.05) is 15.9 Å². The van der Waals surface area contributed by atoms with Crippen LogP contribution in [0, 0.1) is 0 Å². The van der Waals surface area contributed by atoms with Crippen LogP contribution in [-0.4, -0.2) is 34.3 Å². The van der Waals surface area contributed by atoms with Crippen molar-refractivity contribution in [2.24, 2.45) is 0 Å². The number of alkyl halides is 1. The van der Waals surface area contributed by atoms with Gasteiger partial charge in [0.2, 0.25) is 11.8 Å². The van der Waals surface area contributed by atoms with Crippen LogP contribution in [0.5, 0.6) is 5.88 Å². The maximum Gasteiger partial charge on any atom is 0.224 e. The summed E-state index contributed by atoms with van der Waals surface area (Å²) in [6.07, 6.45) is 2.28. The van der Waals surface area contributed by atoms with Gasteiger partial charge in [-0.15, -0.1) is 0 Å². The van der Waals surface area contributed by atoms with Crippen molar-refractivity contribution in [1.29, 1.82) is 0 Å². The summed E-state index contributed by atoms with van der Waals surface area (Å²) >= 11 is 3.46. The Labute approximate surface area is 103 Å². The van der Waals surface area contributed by atoms with Gasteiger partial charge in [-0.3, -0.25) is 4.79 Å². The minimum absolute atomic E-state index is 0.192. The Morgan fingerprint density at radius 2 is 2.50 bits per heavy atom. The summed E-state index contributed by atoms with van der Waals surface area (Å²) in [5.74, 6) is 0.775. The summed E-state index contributed by atoms with van der Waals surface area (Å²) in [7, 11) is 1.58. The van der Waals surface area contributed by atoms with E-state index in [2.05, 4.69) is 20.9 Å². The van der Waals surface area contributed by atoms with Gasteiger partial charge >= 0.3 is 0 Å². The van der Waals surface area contributed by atoms with Gasteiger partial charge in [0.15, 0.2) is 0 Å². The number of amides is 1. The fourth-order valence-electron chi connectivity index (χ4n) is 1.76. The Balaban J connectivity index is 2.06. The minimum atomic E-state index is 0.192. The van der Waals surface area contributed by atoms with Gasteiger partial charge in [-0.25, -0.2) is 4.98 Å². The molecule has 4 nitrogen and oxygen atoms in total. The Hall–Kier alpha value is -1.10. The summed E-state index contributed by atoms with van der Waals surface area (Å²) in [6, 6.07) is 3.76. The molecule has 0 saturated carbocycles. The van der Waals surface area contributed by atoms with E-state index in [4.69, 9.17) is 4.74 Å². The molecule has 5 heteroatoms. The normalized spacial score (nSPS) is 20.2. The Morgan fingerprint density at radius 3 is 3.12 bits per heavy atom. The number of carbonyl (C=O) groups is 1. The van der Waals surface area contributed by atoms with Gasteiger partial charge in [0.25, 0.3) is 0 Å². The van der Waals surface area contributed by atoms with Gasteiger partial charge in [-0.2, -0.15) is 0 Å². The van der Waals surface area contributed by atoms with E-state index < -0.39 is 0 Å². The molecule has 0 bridgehead atoms. The summed E-state index contributed by atoms with van der Waals surface area (Å²) in [6.45, 7) is 1.39. The molecule has 1 aromatic rings. The van der Waals surface area contributed by atoms with Crippen LogP contribution in [0.3, 0.4) is 0 Å². The second-order valence-corrected chi connectivity index (χ2v) is 5.08. The zero-order valence-electron chi connectivity index (χ0n) is 9.02. The van der Waals surface area contributed by atoms with E-state index in [1.54, 1.807) is 13.3 Å². The highest BCUT2D eigenvalue weighted by molar-refractivity contribution is 9.09. The minimum Gasteiger partial charge on any atom is -0.481 e. The second kappa shape index (κ2) is 4.82. The predicted octanol–water partition coefficient (Wildman–Crippen LogP) is 1.59. The van der Waals surface area contributed by atoms with Crippen LogP contribution in [0.1, 0.15) is 12.0 Å². The van der Waals surface area contributed by atoms with Crippen LogP contribution in [0.4, 0.5) is 0 Å². The van der Waals surface area contributed by atoms with Gasteiger partial charge in [-0.05, 0) is 11.6 Å². The molecular weight excluding hydrogens is 272 g/mol. The van der Waals surface area contributed by atoms with E-state index in [1.807, 2.05) is 17.0 Å². The number of likely N-dealkylation sites (tertiary alicyclic amines) is 1. The number of rotatable bonds is 3. The van der Waals surface area contributed by atoms with E-state index in [0.717, 1.165) is 12.1 Å². The van der Waals surface area contributed by atoms with Crippen LogP contribution in [0.25, 0.3) is 0 Å². The molecule has 2 heterocycles. The number of nitrogens with zero attached hydrogens (tertiary/aromatic N) is 2. The molecule has 1 saturated heterocycles. The largest absolute Gasteiger partial charge is 0.481 e. The average molecular weight is 285 g/mol. The van der Waals surface area contributed by atoms with E-state index in [0.29, 0.717) is 18.8 Å². The van der Waals surface area contributed by atoms with Crippen molar-refractivity contribution >= 4 is 21.8 Å². The Morgan fingerprint density at radius 1 is 1.69 bits per heavy atom. The first-order valence-electron chi connectivity index (χ1n) is 5.10. The Bertz CT molecular complexity index is 397. The highest BCUT2D eigenvalue weighted by Crippen LogP contribution is 2.21. The molecule has 0 aromatic carbocycles. The topological polar surface area (TPSA) is 42.4 Å². The van der Waals surface area contributed by atoms with Gasteiger partial charge in [0.1, 0.15) is 0 Å². The predicted molar refractivity (Wildman–Crippen MR) is 63.5 cm³/mol. The van der Waals surface area contributed by atoms with Gasteiger partial charge in [0.05, 0.1) is 7.11 Å². The molecule has 1 aromatic heterocycles. The molecule has 16 heavy (non-hydrogen) atoms. The zero-order valence-corrected chi connectivity index (χ0v) is 10.6. The van der Waals surface area contributed by atoms with Crippen molar-refractivity contribution in [3.05, 3.63) is 23.9 Å². The first-order valence-corrected chi connectivity index (χ1v) is 6.01. The van der Waals surface area contributed by atoms with Crippen LogP contribution in [0.15, 0.2) is 18.3 Å². The summed E-state index contributed by atoms with van der Waals surface area (Å²) in [5.41, 5.74) is 1.04. The van der Waals surface area contributed by atoms with Crippen molar-refractivity contribution in [3.8, 4) is 5.88 Å². The van der Waals surface area contributed by atoms with Gasteiger partial charge in [0, 0.05) is 36.6 Å². The fraction of sp³-hybridized carbons (Fsp3) is 0.455. The van der Waals surface area contributed by atoms with Crippen molar-refractivity contribution < 1.29 is 9.53 Å². The number of ether oxygens (including phenoxy) is 1. The number of hydrogen-bond acceptors (Lipinski definition) is 3. The summed E-state index contributed by atoms with van der Waals surface area (Å²) in [5, 5.41) is 0. The van der Waals surface area contributed by atoms with E-state index in [9.17, 15) is 4.79 Å². The summed E-state index contributed by atoms with van der Waals surface area (Å²) < 4.78 is 5.04. The van der Waals surface area contributed by atoms with E-state index >= 15 is 0 Å². The van der Waals surface area contributed by atoms with Crippen LogP contribution >= 0.6 is 15.9 Å². The SMILES string of the molecule is COc1cc(CN2CC(Br)CC2=O)ccn1. The number of carbonyl (C=O) groups excluding carboxylic acids is 1. The van der Waals surface area contributed by atoms with Crippen LogP contribution < -0.4 is 4.74 Å². The smallest absolute Gasteiger partial charge is 0.224 e. The molecule has 0 spiro atoms. The highest BCUT2D eigenvalue weighted by Gasteiger charge is 2.27. The number of halogens is 1. The zero-order chi connectivity index (χ0) is 11.5. The number of hydrogen-bond donors (Lipinski definition) is 0. The van der Waals surface area contributed by atoms with Crippen molar-refractivity contribution in [1.82, 2.24) is 9.88 Å². The molecule has 1 aliphatic heterocycles. The molecule has 0 radical (unpaired) electrons. The van der Waals surface area contributed by atoms with Crippen molar-refractivity contribution in [2.75, 3.05) is 13.7 Å². The lowest BCUT2D eigenvalue weighted by atomic mass is 10.2. The lowest BCUT2D eigenvalue weighted by Gasteiger charge is -2.15. The Kier molecular flexibility index (Phi) is 3.43. The maximum absolute atomic E-state index is 11.6. The lowest BCUT2D eigenvalue weighted by Crippen LogP contribution is -2.24. The third-order valence-corrected chi connectivity index (χ3v) is 3.16. The molecule has 1 aliphatic rings. The third-order valence-electron chi connectivity index (χ3n) is 2.55. The molecule has 1 fully saturated rings. The average Bonchev–Trinajstić information content (AvgIpc) is 2.58. The quantitative estimate of drug-likeness (QED) is 0.792. The molecule has 1 unspecified atom stereocenters. The third kappa shape index (κ3) is 2.52. The number of pyridine rings is 1. The van der Waals surface area contributed by atoms with Gasteiger partial charge < -0.3 is 9.64 Å². The first kappa shape index (κ1) is 11.4. The second-order valence-electron chi connectivity index (χ2n) is 3.78. The molecule has 1 atom stereocenters. The van der Waals surface area contributed by atoms with Crippen LogP contribution in [0.2, 0.25) is 0 Å². The fourth-order valence-corrected chi connectivity index (χ4v) is 2.38. The molecule has 1 amide bonds. The molecule has 0 N–H and O–H groups in total. The molecule has 0 aliphatic carbocycles. The lowest BCUT2D eigenvalue weighted by molar-refractivity contribution is -0.128. The number of methoxy groups -OCH3 is 1. The standard InChI is InChI=1S/C11H13BrN2O2/c1-16-10-4-8(2-3-13-10)6-14-7-9(12)5-11(14)15/h2-4,9H,5-7H2,1H3. The summed E-state index contributed by atoms with van der Waals surface area (Å²) in [4.78, 5) is 17.7.